The van der Waals surface area contributed by atoms with Crippen molar-refractivity contribution in [3.63, 3.8) is 0 Å². The number of aryl methyl sites for hydroxylation is 1. The third-order valence-corrected chi connectivity index (χ3v) is 6.97. The van der Waals surface area contributed by atoms with Crippen LogP contribution in [0.3, 0.4) is 0 Å². The van der Waals surface area contributed by atoms with Crippen LogP contribution >= 0.6 is 23.2 Å². The molecule has 1 amide bonds. The molecule has 0 saturated carbocycles. The number of pyridine rings is 1. The van der Waals surface area contributed by atoms with E-state index < -0.39 is 0 Å². The number of aromatic amines is 1. The van der Waals surface area contributed by atoms with Gasteiger partial charge in [0.1, 0.15) is 5.75 Å². The number of hydrogen-bond acceptors (Lipinski definition) is 5. The summed E-state index contributed by atoms with van der Waals surface area (Å²) in [6.45, 7) is 3.54. The predicted octanol–water partition coefficient (Wildman–Crippen LogP) is 3.92. The minimum Gasteiger partial charge on any atom is -0.496 e. The van der Waals surface area contributed by atoms with E-state index in [0.717, 1.165) is 12.0 Å². The lowest BCUT2D eigenvalue weighted by Crippen LogP contribution is -2.39. The number of carbonyl (C=O) groups excluding carboxylic acids is 1. The molecule has 0 spiro atoms. The molecule has 9 heteroatoms. The number of H-pyrrole nitrogens is 1. The third-order valence-electron chi connectivity index (χ3n) is 6.23. The summed E-state index contributed by atoms with van der Waals surface area (Å²) >= 11 is 13.4. The fraction of sp³-hybridized carbons (Fsp3) is 0.478. The van der Waals surface area contributed by atoms with Crippen LogP contribution in [-0.2, 0) is 22.4 Å². The highest BCUT2D eigenvalue weighted by Gasteiger charge is 2.35. The molecule has 1 aromatic heterocycles. The van der Waals surface area contributed by atoms with Gasteiger partial charge in [0, 0.05) is 42.5 Å². The van der Waals surface area contributed by atoms with Gasteiger partial charge in [0.25, 0.3) is 11.5 Å². The lowest BCUT2D eigenvalue weighted by atomic mass is 9.89. The maximum atomic E-state index is 13.5. The molecule has 3 heterocycles. The molecule has 32 heavy (non-hydrogen) atoms. The Morgan fingerprint density at radius 2 is 2.06 bits per heavy atom. The second-order valence-corrected chi connectivity index (χ2v) is 8.99. The summed E-state index contributed by atoms with van der Waals surface area (Å²) in [6, 6.07) is 3.56. The molecule has 0 radical (unpaired) electrons. The fourth-order valence-electron chi connectivity index (χ4n) is 4.59. The van der Waals surface area contributed by atoms with Crippen molar-refractivity contribution < 1.29 is 19.0 Å². The molecule has 2 aliphatic heterocycles. The van der Waals surface area contributed by atoms with Gasteiger partial charge in [-0.05, 0) is 37.5 Å². The van der Waals surface area contributed by atoms with Crippen LogP contribution in [0, 0.1) is 12.8 Å². The number of benzene rings is 1. The number of rotatable bonds is 6. The number of nitrogens with one attached hydrogen (secondary N) is 1. The van der Waals surface area contributed by atoms with Crippen LogP contribution in [0.4, 0.5) is 0 Å². The van der Waals surface area contributed by atoms with E-state index >= 15 is 0 Å². The van der Waals surface area contributed by atoms with Gasteiger partial charge in [0.05, 0.1) is 42.5 Å². The Kier molecular flexibility index (Phi) is 6.81. The molecular weight excluding hydrogens is 455 g/mol. The standard InChI is InChI=1S/C23H26Cl2N2O5/c1-12-8-18(30-2)16(22(28)26-12)10-27-6-4-14-17(24)9-15(20(25)19(14)23(27)29)21(31-3)13-5-7-32-11-13/h8-9,13,21H,4-7,10-11H2,1-3H3,(H,26,28)/t13-,21-/m0/s1. The number of hydrogen-bond donors (Lipinski definition) is 1. The molecule has 172 valence electrons. The minimum atomic E-state index is -0.323. The van der Waals surface area contributed by atoms with E-state index in [2.05, 4.69) is 4.98 Å². The first-order chi connectivity index (χ1) is 15.3. The molecule has 0 unspecified atom stereocenters. The molecule has 0 aliphatic carbocycles. The average Bonchev–Trinajstić information content (AvgIpc) is 3.29. The van der Waals surface area contributed by atoms with Crippen molar-refractivity contribution in [2.24, 2.45) is 5.92 Å². The number of fused-ring (bicyclic) bond motifs is 1. The van der Waals surface area contributed by atoms with Crippen molar-refractivity contribution in [2.75, 3.05) is 34.0 Å². The van der Waals surface area contributed by atoms with Crippen molar-refractivity contribution in [1.29, 1.82) is 0 Å². The smallest absolute Gasteiger partial charge is 0.256 e. The van der Waals surface area contributed by atoms with Crippen LogP contribution in [0.1, 0.15) is 45.3 Å². The third kappa shape index (κ3) is 4.15. The van der Waals surface area contributed by atoms with E-state index in [9.17, 15) is 9.59 Å². The SMILES string of the molecule is COc1cc(C)[nH]c(=O)c1CN1CCc2c(Cl)cc([C@@H](OC)[C@H]3CCOC3)c(Cl)c2C1=O. The van der Waals surface area contributed by atoms with Crippen LogP contribution in [0.2, 0.25) is 10.0 Å². The number of aromatic nitrogens is 1. The summed E-state index contributed by atoms with van der Waals surface area (Å²) < 4.78 is 16.7. The molecule has 1 fully saturated rings. The summed E-state index contributed by atoms with van der Waals surface area (Å²) in [6.07, 6.45) is 1.06. The molecule has 2 aromatic rings. The van der Waals surface area contributed by atoms with E-state index in [1.54, 1.807) is 25.0 Å². The van der Waals surface area contributed by atoms with Crippen molar-refractivity contribution >= 4 is 29.1 Å². The normalized spacial score (nSPS) is 19.2. The number of halogens is 2. The fourth-order valence-corrected chi connectivity index (χ4v) is 5.25. The van der Waals surface area contributed by atoms with Gasteiger partial charge in [-0.2, -0.15) is 0 Å². The van der Waals surface area contributed by atoms with Gasteiger partial charge in [-0.25, -0.2) is 0 Å². The highest BCUT2D eigenvalue weighted by molar-refractivity contribution is 6.37. The zero-order chi connectivity index (χ0) is 23.0. The number of carbonyl (C=O) groups is 1. The van der Waals surface area contributed by atoms with Gasteiger partial charge < -0.3 is 24.1 Å². The van der Waals surface area contributed by atoms with E-state index in [1.807, 2.05) is 6.07 Å². The van der Waals surface area contributed by atoms with Crippen molar-refractivity contribution in [3.05, 3.63) is 60.5 Å². The average molecular weight is 481 g/mol. The molecule has 2 aliphatic rings. The van der Waals surface area contributed by atoms with Crippen LogP contribution in [0.15, 0.2) is 16.9 Å². The summed E-state index contributed by atoms with van der Waals surface area (Å²) in [5.41, 5.74) is 2.60. The van der Waals surface area contributed by atoms with E-state index in [1.165, 1.54) is 7.11 Å². The quantitative estimate of drug-likeness (QED) is 0.677. The van der Waals surface area contributed by atoms with E-state index in [0.29, 0.717) is 64.4 Å². The van der Waals surface area contributed by atoms with Crippen molar-refractivity contribution in [2.45, 2.75) is 32.4 Å². The molecule has 7 nitrogen and oxygen atoms in total. The van der Waals surface area contributed by atoms with Gasteiger partial charge in [0.2, 0.25) is 0 Å². The Balaban J connectivity index is 1.71. The van der Waals surface area contributed by atoms with Gasteiger partial charge in [-0.3, -0.25) is 9.59 Å². The monoisotopic (exact) mass is 480 g/mol. The Morgan fingerprint density at radius 3 is 2.72 bits per heavy atom. The van der Waals surface area contributed by atoms with Crippen LogP contribution in [0.5, 0.6) is 5.75 Å². The van der Waals surface area contributed by atoms with Crippen molar-refractivity contribution in [1.82, 2.24) is 9.88 Å². The number of ether oxygens (including phenoxy) is 3. The molecule has 0 bridgehead atoms. The van der Waals surface area contributed by atoms with Crippen LogP contribution in [-0.4, -0.2) is 49.8 Å². The lowest BCUT2D eigenvalue weighted by Gasteiger charge is -2.32. The number of nitrogens with zero attached hydrogens (tertiary/aromatic N) is 1. The number of methoxy groups -OCH3 is 2. The Bertz CT molecular complexity index is 1090. The highest BCUT2D eigenvalue weighted by atomic mass is 35.5. The zero-order valence-electron chi connectivity index (χ0n) is 18.3. The molecule has 4 rings (SSSR count). The molecular formula is C23H26Cl2N2O5. The van der Waals surface area contributed by atoms with E-state index in [4.69, 9.17) is 37.4 Å². The molecule has 2 atom stereocenters. The van der Waals surface area contributed by atoms with E-state index in [-0.39, 0.29) is 30.0 Å². The number of amides is 1. The Hall–Kier alpha value is -2.06. The first-order valence-corrected chi connectivity index (χ1v) is 11.3. The molecule has 1 N–H and O–H groups in total. The first-order valence-electron chi connectivity index (χ1n) is 10.5. The lowest BCUT2D eigenvalue weighted by molar-refractivity contribution is 0.0443. The second-order valence-electron chi connectivity index (χ2n) is 8.20. The summed E-state index contributed by atoms with van der Waals surface area (Å²) in [7, 11) is 3.13. The molecule has 1 saturated heterocycles. The predicted molar refractivity (Wildman–Crippen MR) is 122 cm³/mol. The maximum absolute atomic E-state index is 13.5. The minimum absolute atomic E-state index is 0.111. The summed E-state index contributed by atoms with van der Waals surface area (Å²) in [5.74, 6) is 0.319. The second kappa shape index (κ2) is 9.43. The highest BCUT2D eigenvalue weighted by Crippen LogP contribution is 2.42. The molecule has 1 aromatic carbocycles. The van der Waals surface area contributed by atoms with Gasteiger partial charge in [-0.15, -0.1) is 0 Å². The zero-order valence-corrected chi connectivity index (χ0v) is 19.8. The van der Waals surface area contributed by atoms with Gasteiger partial charge in [0.15, 0.2) is 0 Å². The first kappa shape index (κ1) is 23.1. The topological polar surface area (TPSA) is 80.9 Å². The summed E-state index contributed by atoms with van der Waals surface area (Å²) in [4.78, 5) is 30.4. The maximum Gasteiger partial charge on any atom is 0.256 e. The summed E-state index contributed by atoms with van der Waals surface area (Å²) in [5, 5.41) is 0.849. The van der Waals surface area contributed by atoms with Crippen LogP contribution < -0.4 is 10.3 Å². The largest absolute Gasteiger partial charge is 0.496 e. The van der Waals surface area contributed by atoms with Crippen LogP contribution in [0.25, 0.3) is 0 Å². The Labute approximate surface area is 196 Å². The van der Waals surface area contributed by atoms with Crippen molar-refractivity contribution in [3.8, 4) is 5.75 Å². The van der Waals surface area contributed by atoms with Gasteiger partial charge in [-0.1, -0.05) is 23.2 Å². The van der Waals surface area contributed by atoms with Gasteiger partial charge >= 0.3 is 0 Å². The Morgan fingerprint density at radius 1 is 1.28 bits per heavy atom.